The first-order valence-corrected chi connectivity index (χ1v) is 4.39. The van der Waals surface area contributed by atoms with Gasteiger partial charge in [-0.05, 0) is 12.3 Å². The Bertz CT molecular complexity index is 183. The van der Waals surface area contributed by atoms with Crippen LogP contribution in [-0.4, -0.2) is 17.7 Å². The molecule has 1 aliphatic heterocycles. The standard InChI is InChI=1S/C9H15NO2/c1-6(2)3-7-4-8(11)5-9(12)10-7/h6-7H,3-5H2,1-2H3,(H,10,12)/t7-/m0/s1. The van der Waals surface area contributed by atoms with Crippen LogP contribution in [0.25, 0.3) is 0 Å². The van der Waals surface area contributed by atoms with Crippen molar-refractivity contribution in [1.29, 1.82) is 0 Å². The molecular weight excluding hydrogens is 154 g/mol. The van der Waals surface area contributed by atoms with Gasteiger partial charge in [0.1, 0.15) is 5.78 Å². The number of carbonyl (C=O) groups is 2. The van der Waals surface area contributed by atoms with Gasteiger partial charge in [-0.2, -0.15) is 0 Å². The van der Waals surface area contributed by atoms with Crippen molar-refractivity contribution in [1.82, 2.24) is 5.32 Å². The molecule has 0 saturated carbocycles. The molecule has 1 atom stereocenters. The monoisotopic (exact) mass is 169 g/mol. The maximum Gasteiger partial charge on any atom is 0.227 e. The summed E-state index contributed by atoms with van der Waals surface area (Å²) < 4.78 is 0. The minimum atomic E-state index is -0.114. The Morgan fingerprint density at radius 2 is 2.17 bits per heavy atom. The van der Waals surface area contributed by atoms with Gasteiger partial charge in [-0.15, -0.1) is 0 Å². The lowest BCUT2D eigenvalue weighted by molar-refractivity contribution is -0.132. The number of amides is 1. The zero-order chi connectivity index (χ0) is 9.14. The molecule has 3 heteroatoms. The highest BCUT2D eigenvalue weighted by molar-refractivity contribution is 6.00. The Morgan fingerprint density at radius 1 is 1.50 bits per heavy atom. The topological polar surface area (TPSA) is 46.2 Å². The van der Waals surface area contributed by atoms with Gasteiger partial charge < -0.3 is 5.32 Å². The van der Waals surface area contributed by atoms with Crippen molar-refractivity contribution >= 4 is 11.7 Å². The van der Waals surface area contributed by atoms with E-state index in [-0.39, 0.29) is 24.2 Å². The Balaban J connectivity index is 2.44. The average molecular weight is 169 g/mol. The molecular formula is C9H15NO2. The highest BCUT2D eigenvalue weighted by Crippen LogP contribution is 2.12. The van der Waals surface area contributed by atoms with E-state index < -0.39 is 0 Å². The lowest BCUT2D eigenvalue weighted by atomic mass is 9.95. The molecule has 1 rings (SSSR count). The van der Waals surface area contributed by atoms with Gasteiger partial charge in [0.2, 0.25) is 5.91 Å². The van der Waals surface area contributed by atoms with Crippen LogP contribution < -0.4 is 5.32 Å². The molecule has 0 aromatic carbocycles. The van der Waals surface area contributed by atoms with Crippen molar-refractivity contribution in [2.75, 3.05) is 0 Å². The number of piperidine rings is 1. The van der Waals surface area contributed by atoms with Crippen LogP contribution in [-0.2, 0) is 9.59 Å². The summed E-state index contributed by atoms with van der Waals surface area (Å²) >= 11 is 0. The first-order chi connectivity index (χ1) is 5.58. The molecule has 1 fully saturated rings. The fourth-order valence-corrected chi connectivity index (χ4v) is 1.57. The summed E-state index contributed by atoms with van der Waals surface area (Å²) in [6, 6.07) is 0.0822. The zero-order valence-corrected chi connectivity index (χ0v) is 7.59. The Hall–Kier alpha value is -0.860. The normalized spacial score (nSPS) is 24.4. The smallest absolute Gasteiger partial charge is 0.227 e. The van der Waals surface area contributed by atoms with E-state index in [1.165, 1.54) is 0 Å². The predicted molar refractivity (Wildman–Crippen MR) is 45.6 cm³/mol. The van der Waals surface area contributed by atoms with Crippen molar-refractivity contribution in [3.8, 4) is 0 Å². The number of nitrogens with one attached hydrogen (secondary N) is 1. The third kappa shape index (κ3) is 2.64. The third-order valence-corrected chi connectivity index (χ3v) is 1.95. The van der Waals surface area contributed by atoms with Gasteiger partial charge in [0.15, 0.2) is 0 Å². The van der Waals surface area contributed by atoms with Gasteiger partial charge >= 0.3 is 0 Å². The second kappa shape index (κ2) is 3.70. The van der Waals surface area contributed by atoms with Gasteiger partial charge in [-0.25, -0.2) is 0 Å². The Labute approximate surface area is 72.5 Å². The van der Waals surface area contributed by atoms with E-state index in [4.69, 9.17) is 0 Å². The number of carbonyl (C=O) groups excluding carboxylic acids is 2. The quantitative estimate of drug-likeness (QED) is 0.624. The van der Waals surface area contributed by atoms with Crippen molar-refractivity contribution in [2.45, 2.75) is 39.2 Å². The molecule has 0 unspecified atom stereocenters. The molecule has 0 spiro atoms. The molecule has 0 aromatic heterocycles. The van der Waals surface area contributed by atoms with Crippen LogP contribution in [0.3, 0.4) is 0 Å². The van der Waals surface area contributed by atoms with E-state index in [0.29, 0.717) is 12.3 Å². The minimum Gasteiger partial charge on any atom is -0.353 e. The minimum absolute atomic E-state index is 0.0735. The van der Waals surface area contributed by atoms with E-state index >= 15 is 0 Å². The molecule has 68 valence electrons. The van der Waals surface area contributed by atoms with E-state index in [2.05, 4.69) is 19.2 Å². The Kier molecular flexibility index (Phi) is 2.84. The molecule has 1 aliphatic rings. The van der Waals surface area contributed by atoms with E-state index in [9.17, 15) is 9.59 Å². The van der Waals surface area contributed by atoms with Crippen molar-refractivity contribution in [3.63, 3.8) is 0 Å². The first kappa shape index (κ1) is 9.23. The molecule has 3 nitrogen and oxygen atoms in total. The lowest BCUT2D eigenvalue weighted by Crippen LogP contribution is -2.43. The summed E-state index contributed by atoms with van der Waals surface area (Å²) in [5, 5.41) is 2.82. The molecule has 1 heterocycles. The molecule has 1 N–H and O–H groups in total. The largest absolute Gasteiger partial charge is 0.353 e. The van der Waals surface area contributed by atoms with Crippen LogP contribution in [0.5, 0.6) is 0 Å². The summed E-state index contributed by atoms with van der Waals surface area (Å²) in [5.41, 5.74) is 0. The van der Waals surface area contributed by atoms with Gasteiger partial charge in [0.05, 0.1) is 6.42 Å². The molecule has 0 aliphatic carbocycles. The second-order valence-electron chi connectivity index (χ2n) is 3.81. The van der Waals surface area contributed by atoms with Crippen molar-refractivity contribution in [2.24, 2.45) is 5.92 Å². The molecule has 12 heavy (non-hydrogen) atoms. The van der Waals surface area contributed by atoms with Gasteiger partial charge in [-0.1, -0.05) is 13.8 Å². The number of hydrogen-bond donors (Lipinski definition) is 1. The fraction of sp³-hybridized carbons (Fsp3) is 0.778. The highest BCUT2D eigenvalue weighted by atomic mass is 16.2. The van der Waals surface area contributed by atoms with Crippen molar-refractivity contribution in [3.05, 3.63) is 0 Å². The van der Waals surface area contributed by atoms with E-state index in [0.717, 1.165) is 6.42 Å². The van der Waals surface area contributed by atoms with E-state index in [1.807, 2.05) is 0 Å². The van der Waals surface area contributed by atoms with E-state index in [1.54, 1.807) is 0 Å². The predicted octanol–water partition coefficient (Wildman–Crippen LogP) is 0.880. The van der Waals surface area contributed by atoms with Crippen LogP contribution in [0.1, 0.15) is 33.1 Å². The number of hydrogen-bond acceptors (Lipinski definition) is 2. The molecule has 1 saturated heterocycles. The fourth-order valence-electron chi connectivity index (χ4n) is 1.57. The van der Waals surface area contributed by atoms with Crippen LogP contribution in [0.4, 0.5) is 0 Å². The molecule has 0 aromatic rings. The maximum absolute atomic E-state index is 11.0. The van der Waals surface area contributed by atoms with Gasteiger partial charge in [0.25, 0.3) is 0 Å². The van der Waals surface area contributed by atoms with Crippen molar-refractivity contribution < 1.29 is 9.59 Å². The van der Waals surface area contributed by atoms with Crippen LogP contribution >= 0.6 is 0 Å². The molecule has 0 bridgehead atoms. The summed E-state index contributed by atoms with van der Waals surface area (Å²) in [6.07, 6.45) is 1.50. The van der Waals surface area contributed by atoms with Crippen LogP contribution in [0, 0.1) is 5.92 Å². The summed E-state index contributed by atoms with van der Waals surface area (Å²) in [7, 11) is 0. The summed E-state index contributed by atoms with van der Waals surface area (Å²) in [4.78, 5) is 21.9. The maximum atomic E-state index is 11.0. The molecule has 0 radical (unpaired) electrons. The number of ketones is 1. The first-order valence-electron chi connectivity index (χ1n) is 4.39. The molecule has 1 amide bonds. The third-order valence-electron chi connectivity index (χ3n) is 1.95. The lowest BCUT2D eigenvalue weighted by Gasteiger charge is -2.23. The van der Waals surface area contributed by atoms with Crippen LogP contribution in [0.15, 0.2) is 0 Å². The van der Waals surface area contributed by atoms with Gasteiger partial charge in [0, 0.05) is 12.5 Å². The highest BCUT2D eigenvalue weighted by Gasteiger charge is 2.24. The summed E-state index contributed by atoms with van der Waals surface area (Å²) in [6.45, 7) is 4.18. The Morgan fingerprint density at radius 3 is 2.67 bits per heavy atom. The van der Waals surface area contributed by atoms with Crippen LogP contribution in [0.2, 0.25) is 0 Å². The second-order valence-corrected chi connectivity index (χ2v) is 3.81. The SMILES string of the molecule is CC(C)C[C@H]1CC(=O)CC(=O)N1. The number of rotatable bonds is 2. The average Bonchev–Trinajstić information content (AvgIpc) is 1.81. The van der Waals surface area contributed by atoms with Gasteiger partial charge in [-0.3, -0.25) is 9.59 Å². The zero-order valence-electron chi connectivity index (χ0n) is 7.59. The number of Topliss-reactive ketones (excluding diaryl/α,β-unsaturated/α-hetero) is 1. The summed E-state index contributed by atoms with van der Waals surface area (Å²) in [5.74, 6) is 0.488.